The van der Waals surface area contributed by atoms with E-state index in [9.17, 15) is 9.59 Å². The van der Waals surface area contributed by atoms with Gasteiger partial charge in [-0.15, -0.1) is 0 Å². The van der Waals surface area contributed by atoms with Crippen LogP contribution in [-0.2, 0) is 19.1 Å². The number of carbonyl (C=O) groups is 2. The minimum atomic E-state index is -0.692. The zero-order chi connectivity index (χ0) is 15.5. The molecule has 6 heteroatoms. The summed E-state index contributed by atoms with van der Waals surface area (Å²) in [7, 11) is 0. The van der Waals surface area contributed by atoms with Crippen LogP contribution in [0.1, 0.15) is 33.1 Å². The second-order valence-electron chi connectivity index (χ2n) is 5.99. The molecule has 1 aliphatic carbocycles. The summed E-state index contributed by atoms with van der Waals surface area (Å²) in [5.41, 5.74) is -0.0400. The highest BCUT2D eigenvalue weighted by atomic mass is 16.5. The number of piperidine rings is 1. The second-order valence-corrected chi connectivity index (χ2v) is 5.99. The van der Waals surface area contributed by atoms with E-state index in [0.29, 0.717) is 32.9 Å². The van der Waals surface area contributed by atoms with Gasteiger partial charge < -0.3 is 19.5 Å². The number of hydrogen-bond acceptors (Lipinski definition) is 4. The highest BCUT2D eigenvalue weighted by Crippen LogP contribution is 2.59. The first kappa shape index (κ1) is 16.2. The Hall–Kier alpha value is -1.14. The summed E-state index contributed by atoms with van der Waals surface area (Å²) in [6, 6.07) is 0. The number of carbonyl (C=O) groups excluding carboxylic acids is 1. The fraction of sp³-hybridized carbons (Fsp3) is 0.867. The summed E-state index contributed by atoms with van der Waals surface area (Å²) in [5, 5.41) is 9.06. The lowest BCUT2D eigenvalue weighted by molar-refractivity contribution is -0.145. The Morgan fingerprint density at radius 2 is 2.00 bits per heavy atom. The highest BCUT2D eigenvalue weighted by molar-refractivity contribution is 5.81. The molecular weight excluding hydrogens is 274 g/mol. The molecule has 0 bridgehead atoms. The van der Waals surface area contributed by atoms with Crippen LogP contribution >= 0.6 is 0 Å². The van der Waals surface area contributed by atoms with Crippen molar-refractivity contribution in [2.24, 2.45) is 11.3 Å². The molecule has 2 atom stereocenters. The van der Waals surface area contributed by atoms with Crippen molar-refractivity contribution in [3.63, 3.8) is 0 Å². The Morgan fingerprint density at radius 1 is 1.33 bits per heavy atom. The molecule has 1 heterocycles. The average molecular weight is 299 g/mol. The Balaban J connectivity index is 1.72. The van der Waals surface area contributed by atoms with Crippen LogP contribution in [0.2, 0.25) is 0 Å². The maximum absolute atomic E-state index is 12.3. The van der Waals surface area contributed by atoms with E-state index in [1.54, 1.807) is 11.8 Å². The number of ether oxygens (including phenoxy) is 2. The SMILES string of the molecule is CCOCCOC(C)C(=O)N1CCC2(CC1)CC2C(=O)O. The number of nitrogens with zero attached hydrogens (tertiary/aromatic N) is 1. The van der Waals surface area contributed by atoms with Crippen LogP contribution in [0.25, 0.3) is 0 Å². The van der Waals surface area contributed by atoms with Gasteiger partial charge in [-0.05, 0) is 38.5 Å². The molecule has 0 aromatic rings. The molecular formula is C15H25NO5. The summed E-state index contributed by atoms with van der Waals surface area (Å²) < 4.78 is 10.6. The van der Waals surface area contributed by atoms with E-state index in [0.717, 1.165) is 19.3 Å². The zero-order valence-corrected chi connectivity index (χ0v) is 12.8. The standard InChI is InChI=1S/C15H25NO5/c1-3-20-8-9-21-11(2)13(17)16-6-4-15(5-7-16)10-12(15)14(18)19/h11-12H,3-10H2,1-2H3,(H,18,19). The predicted molar refractivity (Wildman–Crippen MR) is 75.9 cm³/mol. The van der Waals surface area contributed by atoms with Gasteiger partial charge in [-0.25, -0.2) is 0 Å². The van der Waals surface area contributed by atoms with Gasteiger partial charge >= 0.3 is 5.97 Å². The third-order valence-electron chi connectivity index (χ3n) is 4.71. The molecule has 0 radical (unpaired) electrons. The lowest BCUT2D eigenvalue weighted by Crippen LogP contribution is -2.45. The number of aliphatic carboxylic acids is 1. The zero-order valence-electron chi connectivity index (χ0n) is 12.8. The van der Waals surface area contributed by atoms with Crippen molar-refractivity contribution in [1.82, 2.24) is 4.90 Å². The van der Waals surface area contributed by atoms with E-state index in [4.69, 9.17) is 14.6 Å². The normalized spacial score (nSPS) is 24.9. The van der Waals surface area contributed by atoms with Gasteiger partial charge in [-0.1, -0.05) is 0 Å². The van der Waals surface area contributed by atoms with Crippen molar-refractivity contribution in [1.29, 1.82) is 0 Å². The van der Waals surface area contributed by atoms with Crippen LogP contribution in [-0.4, -0.2) is 60.9 Å². The summed E-state index contributed by atoms with van der Waals surface area (Å²) >= 11 is 0. The van der Waals surface area contributed by atoms with E-state index in [1.165, 1.54) is 0 Å². The van der Waals surface area contributed by atoms with Gasteiger partial charge in [0.2, 0.25) is 0 Å². The van der Waals surface area contributed by atoms with E-state index >= 15 is 0 Å². The molecule has 21 heavy (non-hydrogen) atoms. The number of likely N-dealkylation sites (tertiary alicyclic amines) is 1. The fourth-order valence-corrected chi connectivity index (χ4v) is 3.18. The summed E-state index contributed by atoms with van der Waals surface area (Å²) in [6.45, 7) is 6.52. The van der Waals surface area contributed by atoms with E-state index in [1.807, 2.05) is 6.92 Å². The van der Waals surface area contributed by atoms with E-state index in [-0.39, 0.29) is 17.2 Å². The van der Waals surface area contributed by atoms with Crippen molar-refractivity contribution in [3.8, 4) is 0 Å². The van der Waals surface area contributed by atoms with Crippen molar-refractivity contribution in [2.75, 3.05) is 32.9 Å². The van der Waals surface area contributed by atoms with Crippen molar-refractivity contribution in [2.45, 2.75) is 39.2 Å². The van der Waals surface area contributed by atoms with Crippen LogP contribution in [0, 0.1) is 11.3 Å². The Labute approximate surface area is 125 Å². The molecule has 1 saturated carbocycles. The summed E-state index contributed by atoms with van der Waals surface area (Å²) in [5.74, 6) is -0.897. The lowest BCUT2D eigenvalue weighted by atomic mass is 9.90. The average Bonchev–Trinajstić information content (AvgIpc) is 3.17. The molecule has 1 aliphatic heterocycles. The molecule has 1 N–H and O–H groups in total. The summed E-state index contributed by atoms with van der Waals surface area (Å²) in [4.78, 5) is 25.1. The molecule has 1 amide bonds. The number of carboxylic acids is 1. The fourth-order valence-electron chi connectivity index (χ4n) is 3.18. The van der Waals surface area contributed by atoms with Crippen LogP contribution in [0.4, 0.5) is 0 Å². The van der Waals surface area contributed by atoms with Crippen molar-refractivity contribution < 1.29 is 24.2 Å². The van der Waals surface area contributed by atoms with Gasteiger partial charge in [-0.2, -0.15) is 0 Å². The predicted octanol–water partition coefficient (Wildman–Crippen LogP) is 1.14. The maximum atomic E-state index is 12.3. The van der Waals surface area contributed by atoms with Crippen LogP contribution in [0.3, 0.4) is 0 Å². The third-order valence-corrected chi connectivity index (χ3v) is 4.71. The van der Waals surface area contributed by atoms with Crippen LogP contribution in [0.5, 0.6) is 0 Å². The minimum Gasteiger partial charge on any atom is -0.481 e. The minimum absolute atomic E-state index is 0.00567. The highest BCUT2D eigenvalue weighted by Gasteiger charge is 2.59. The Kier molecular flexibility index (Phi) is 5.22. The van der Waals surface area contributed by atoms with Gasteiger partial charge in [0.15, 0.2) is 0 Å². The largest absolute Gasteiger partial charge is 0.481 e. The lowest BCUT2D eigenvalue weighted by Gasteiger charge is -2.34. The number of carboxylic acid groups (broad SMARTS) is 1. The number of rotatable bonds is 7. The molecule has 2 fully saturated rings. The quantitative estimate of drug-likeness (QED) is 0.713. The Morgan fingerprint density at radius 3 is 2.52 bits per heavy atom. The smallest absolute Gasteiger partial charge is 0.307 e. The maximum Gasteiger partial charge on any atom is 0.307 e. The monoisotopic (exact) mass is 299 g/mol. The molecule has 6 nitrogen and oxygen atoms in total. The second kappa shape index (κ2) is 6.75. The Bertz CT molecular complexity index is 390. The third kappa shape index (κ3) is 3.74. The number of amides is 1. The van der Waals surface area contributed by atoms with Gasteiger partial charge in [0.1, 0.15) is 6.10 Å². The van der Waals surface area contributed by atoms with E-state index < -0.39 is 12.1 Å². The van der Waals surface area contributed by atoms with Crippen LogP contribution < -0.4 is 0 Å². The molecule has 2 unspecified atom stereocenters. The molecule has 2 aliphatic rings. The number of hydrogen-bond donors (Lipinski definition) is 1. The van der Waals surface area contributed by atoms with Gasteiger partial charge in [-0.3, -0.25) is 9.59 Å². The van der Waals surface area contributed by atoms with Gasteiger partial charge in [0.05, 0.1) is 19.1 Å². The molecule has 1 spiro atoms. The van der Waals surface area contributed by atoms with Crippen molar-refractivity contribution >= 4 is 11.9 Å². The first-order chi connectivity index (χ1) is 10.00. The topological polar surface area (TPSA) is 76.1 Å². The molecule has 0 aromatic heterocycles. The summed E-state index contributed by atoms with van der Waals surface area (Å²) in [6.07, 6.45) is 1.89. The molecule has 0 aromatic carbocycles. The van der Waals surface area contributed by atoms with Gasteiger partial charge in [0.25, 0.3) is 5.91 Å². The van der Waals surface area contributed by atoms with E-state index in [2.05, 4.69) is 0 Å². The first-order valence-corrected chi connectivity index (χ1v) is 7.71. The first-order valence-electron chi connectivity index (χ1n) is 7.71. The molecule has 120 valence electrons. The van der Waals surface area contributed by atoms with Gasteiger partial charge in [0, 0.05) is 19.7 Å². The molecule has 1 saturated heterocycles. The van der Waals surface area contributed by atoms with Crippen molar-refractivity contribution in [3.05, 3.63) is 0 Å². The van der Waals surface area contributed by atoms with Crippen LogP contribution in [0.15, 0.2) is 0 Å². The molecule has 2 rings (SSSR count).